The Bertz CT molecular complexity index is 573. The van der Waals surface area contributed by atoms with Crippen molar-refractivity contribution in [2.75, 3.05) is 26.9 Å². The number of ether oxygens (including phenoxy) is 2. The van der Waals surface area contributed by atoms with E-state index in [2.05, 4.69) is 4.98 Å². The Morgan fingerprint density at radius 1 is 1.43 bits per heavy atom. The minimum Gasteiger partial charge on any atom is -0.395 e. The van der Waals surface area contributed by atoms with E-state index in [0.29, 0.717) is 6.61 Å². The van der Waals surface area contributed by atoms with Gasteiger partial charge in [-0.3, -0.25) is 14.3 Å². The lowest BCUT2D eigenvalue weighted by Crippen LogP contribution is -2.39. The molecule has 2 rings (SSSR count). The van der Waals surface area contributed by atoms with Crippen LogP contribution in [0.1, 0.15) is 5.37 Å². The van der Waals surface area contributed by atoms with Crippen molar-refractivity contribution in [3.05, 3.63) is 33.1 Å². The zero-order valence-corrected chi connectivity index (χ0v) is 12.3. The maximum atomic E-state index is 11.9. The lowest BCUT2D eigenvalue weighted by Gasteiger charge is -2.23. The molecule has 0 aromatic carbocycles. The van der Waals surface area contributed by atoms with Gasteiger partial charge in [-0.15, -0.1) is 11.8 Å². The molecule has 1 fully saturated rings. The molecule has 1 aromatic heterocycles. The highest BCUT2D eigenvalue weighted by Crippen LogP contribution is 2.42. The normalized spacial score (nSPS) is 28.9. The van der Waals surface area contributed by atoms with Crippen LogP contribution in [0.5, 0.6) is 0 Å². The summed E-state index contributed by atoms with van der Waals surface area (Å²) in [5.74, 6) is 0. The molecular weight excluding hydrogens is 300 g/mol. The highest BCUT2D eigenvalue weighted by molar-refractivity contribution is 8.00. The number of hydrogen-bond donors (Lipinski definition) is 3. The molecule has 0 bridgehead atoms. The molecule has 8 nitrogen and oxygen atoms in total. The predicted molar refractivity (Wildman–Crippen MR) is 76.4 cm³/mol. The first-order valence-corrected chi connectivity index (χ1v) is 7.39. The van der Waals surface area contributed by atoms with Gasteiger partial charge in [0.05, 0.1) is 31.2 Å². The van der Waals surface area contributed by atoms with E-state index in [1.807, 2.05) is 0 Å². The minimum atomic E-state index is -0.916. The van der Waals surface area contributed by atoms with Gasteiger partial charge in [0.2, 0.25) is 0 Å². The average Bonchev–Trinajstić information content (AvgIpc) is 2.76. The van der Waals surface area contributed by atoms with Crippen LogP contribution in [0, 0.1) is 0 Å². The van der Waals surface area contributed by atoms with Crippen LogP contribution in [0.15, 0.2) is 21.9 Å². The number of aromatic amines is 1. The van der Waals surface area contributed by atoms with Crippen molar-refractivity contribution in [2.24, 2.45) is 0 Å². The summed E-state index contributed by atoms with van der Waals surface area (Å²) in [5, 5.41) is 18.5. The molecule has 2 heterocycles. The first-order valence-electron chi connectivity index (χ1n) is 6.45. The van der Waals surface area contributed by atoms with Gasteiger partial charge in [-0.05, 0) is 0 Å². The minimum absolute atomic E-state index is 0.232. The zero-order valence-electron chi connectivity index (χ0n) is 11.5. The van der Waals surface area contributed by atoms with Gasteiger partial charge in [-0.25, -0.2) is 4.79 Å². The SMILES string of the molecule is COCCOC1C(O)[C@H](CO)S[C@H]1n1ccc(=O)[nH]c1=O. The van der Waals surface area contributed by atoms with Gasteiger partial charge in [-0.2, -0.15) is 0 Å². The van der Waals surface area contributed by atoms with Crippen molar-refractivity contribution in [2.45, 2.75) is 22.8 Å². The highest BCUT2D eigenvalue weighted by atomic mass is 32.2. The van der Waals surface area contributed by atoms with Crippen molar-refractivity contribution in [3.8, 4) is 0 Å². The fourth-order valence-corrected chi connectivity index (χ4v) is 3.62. The molecule has 0 amide bonds. The molecule has 1 aliphatic heterocycles. The van der Waals surface area contributed by atoms with E-state index in [9.17, 15) is 19.8 Å². The smallest absolute Gasteiger partial charge is 0.329 e. The Kier molecular flexibility index (Phi) is 5.59. The van der Waals surface area contributed by atoms with Gasteiger partial charge < -0.3 is 19.7 Å². The molecule has 0 radical (unpaired) electrons. The summed E-state index contributed by atoms with van der Waals surface area (Å²) in [6, 6.07) is 1.23. The van der Waals surface area contributed by atoms with Gasteiger partial charge >= 0.3 is 5.69 Å². The molecule has 0 aliphatic carbocycles. The molecule has 3 N–H and O–H groups in total. The quantitative estimate of drug-likeness (QED) is 0.549. The first kappa shape index (κ1) is 16.2. The Balaban J connectivity index is 2.25. The summed E-state index contributed by atoms with van der Waals surface area (Å²) in [6.45, 7) is 0.376. The van der Waals surface area contributed by atoms with Crippen molar-refractivity contribution in [3.63, 3.8) is 0 Å². The number of aliphatic hydroxyl groups is 2. The van der Waals surface area contributed by atoms with Crippen molar-refractivity contribution in [1.82, 2.24) is 9.55 Å². The van der Waals surface area contributed by atoms with Crippen LogP contribution >= 0.6 is 11.8 Å². The second-order valence-electron chi connectivity index (χ2n) is 4.58. The third kappa shape index (κ3) is 3.55. The van der Waals surface area contributed by atoms with E-state index >= 15 is 0 Å². The summed E-state index contributed by atoms with van der Waals surface area (Å²) in [4.78, 5) is 25.2. The van der Waals surface area contributed by atoms with Crippen LogP contribution in [0.4, 0.5) is 0 Å². The van der Waals surface area contributed by atoms with E-state index in [0.717, 1.165) is 0 Å². The van der Waals surface area contributed by atoms with Gasteiger partial charge in [-0.1, -0.05) is 0 Å². The van der Waals surface area contributed by atoms with E-state index in [4.69, 9.17) is 9.47 Å². The molecule has 1 saturated heterocycles. The number of thioether (sulfide) groups is 1. The van der Waals surface area contributed by atoms with Gasteiger partial charge in [0.15, 0.2) is 0 Å². The number of hydrogen-bond acceptors (Lipinski definition) is 7. The molecule has 2 unspecified atom stereocenters. The van der Waals surface area contributed by atoms with Gasteiger partial charge in [0, 0.05) is 19.4 Å². The second-order valence-corrected chi connectivity index (χ2v) is 5.94. The third-order valence-corrected chi connectivity index (χ3v) is 4.77. The molecule has 1 aromatic rings. The molecule has 21 heavy (non-hydrogen) atoms. The fraction of sp³-hybridized carbons (Fsp3) is 0.667. The summed E-state index contributed by atoms with van der Waals surface area (Å²) in [7, 11) is 1.53. The van der Waals surface area contributed by atoms with Gasteiger partial charge in [0.1, 0.15) is 11.5 Å². The number of nitrogens with zero attached hydrogens (tertiary/aromatic N) is 1. The lowest BCUT2D eigenvalue weighted by atomic mass is 10.1. The second kappa shape index (κ2) is 7.23. The molecular formula is C12H18N2O6S. The molecule has 118 valence electrons. The van der Waals surface area contributed by atoms with Crippen LogP contribution in [0.3, 0.4) is 0 Å². The standard InChI is InChI=1S/C12H18N2O6S/c1-19-4-5-20-10-9(17)7(6-15)21-11(10)14-3-2-8(16)13-12(14)18/h2-3,7,9-11,15,17H,4-6H2,1H3,(H,13,16,18)/t7-,9?,10?,11+/m0/s1. The number of methoxy groups -OCH3 is 1. The number of nitrogens with one attached hydrogen (secondary N) is 1. The summed E-state index contributed by atoms with van der Waals surface area (Å²) in [6.07, 6.45) is -0.232. The molecule has 9 heteroatoms. The van der Waals surface area contributed by atoms with E-state index in [1.165, 1.54) is 35.7 Å². The van der Waals surface area contributed by atoms with Crippen LogP contribution in [0.2, 0.25) is 0 Å². The fourth-order valence-electron chi connectivity index (χ4n) is 2.17. The maximum Gasteiger partial charge on any atom is 0.329 e. The van der Waals surface area contributed by atoms with Crippen LogP contribution in [-0.2, 0) is 9.47 Å². The third-order valence-electron chi connectivity index (χ3n) is 3.22. The highest BCUT2D eigenvalue weighted by Gasteiger charge is 2.45. The Labute approximate surface area is 124 Å². The van der Waals surface area contributed by atoms with E-state index in [1.54, 1.807) is 0 Å². The Morgan fingerprint density at radius 3 is 2.81 bits per heavy atom. The Hall–Kier alpha value is -1.13. The topological polar surface area (TPSA) is 114 Å². The van der Waals surface area contributed by atoms with Crippen LogP contribution in [0.25, 0.3) is 0 Å². The van der Waals surface area contributed by atoms with E-state index in [-0.39, 0.29) is 13.2 Å². The van der Waals surface area contributed by atoms with Gasteiger partial charge in [0.25, 0.3) is 5.56 Å². The van der Waals surface area contributed by atoms with Crippen molar-refractivity contribution >= 4 is 11.8 Å². The molecule has 4 atom stereocenters. The molecule has 0 spiro atoms. The number of aromatic nitrogens is 2. The Morgan fingerprint density at radius 2 is 2.19 bits per heavy atom. The van der Waals surface area contributed by atoms with E-state index < -0.39 is 34.1 Å². The van der Waals surface area contributed by atoms with Crippen molar-refractivity contribution in [1.29, 1.82) is 0 Å². The molecule has 1 aliphatic rings. The predicted octanol–water partition coefficient (Wildman–Crippen LogP) is -1.46. The number of rotatable bonds is 6. The zero-order chi connectivity index (χ0) is 15.4. The summed E-state index contributed by atoms with van der Waals surface area (Å²) < 4.78 is 11.8. The molecule has 0 saturated carbocycles. The average molecular weight is 318 g/mol. The number of H-pyrrole nitrogens is 1. The monoisotopic (exact) mass is 318 g/mol. The largest absolute Gasteiger partial charge is 0.395 e. The summed E-state index contributed by atoms with van der Waals surface area (Å²) >= 11 is 1.23. The van der Waals surface area contributed by atoms with Crippen molar-refractivity contribution < 1.29 is 19.7 Å². The summed E-state index contributed by atoms with van der Waals surface area (Å²) in [5.41, 5.74) is -1.07. The van der Waals surface area contributed by atoms with Crippen LogP contribution in [-0.4, -0.2) is 64.2 Å². The van der Waals surface area contributed by atoms with Crippen LogP contribution < -0.4 is 11.2 Å². The number of aliphatic hydroxyl groups excluding tert-OH is 2. The maximum absolute atomic E-state index is 11.9. The lowest BCUT2D eigenvalue weighted by molar-refractivity contribution is -0.0565. The first-order chi connectivity index (χ1) is 10.1.